The highest BCUT2D eigenvalue weighted by Crippen LogP contribution is 2.18. The Kier molecular flexibility index (Phi) is 6.40. The Hall–Kier alpha value is -2.20. The van der Waals surface area contributed by atoms with Crippen LogP contribution >= 0.6 is 0 Å². The van der Waals surface area contributed by atoms with Crippen molar-refractivity contribution in [2.24, 2.45) is 5.92 Å². The topological polar surface area (TPSA) is 39.9 Å². The van der Waals surface area contributed by atoms with Crippen molar-refractivity contribution in [3.8, 4) is 5.69 Å². The van der Waals surface area contributed by atoms with Gasteiger partial charge in [0.25, 0.3) is 0 Å². The van der Waals surface area contributed by atoms with Crippen molar-refractivity contribution < 1.29 is 4.74 Å². The zero-order chi connectivity index (χ0) is 18.4. The zero-order valence-electron chi connectivity index (χ0n) is 16.1. The van der Waals surface area contributed by atoms with E-state index in [1.54, 1.807) is 4.80 Å². The van der Waals surface area contributed by atoms with Crippen LogP contribution < -0.4 is 0 Å². The molecule has 1 unspecified atom stereocenters. The van der Waals surface area contributed by atoms with Gasteiger partial charge in [-0.1, -0.05) is 51.3 Å². The van der Waals surface area contributed by atoms with Crippen LogP contribution in [0, 0.1) is 12.8 Å². The zero-order valence-corrected chi connectivity index (χ0v) is 16.1. The van der Waals surface area contributed by atoms with Gasteiger partial charge in [-0.3, -0.25) is 0 Å². The van der Waals surface area contributed by atoms with Crippen LogP contribution in [0.2, 0.25) is 0 Å². The van der Waals surface area contributed by atoms with Crippen LogP contribution in [0.15, 0.2) is 42.5 Å². The number of aryl methyl sites for hydroxylation is 1. The van der Waals surface area contributed by atoms with Gasteiger partial charge in [0, 0.05) is 6.61 Å². The molecule has 3 aromatic rings. The molecule has 26 heavy (non-hydrogen) atoms. The second kappa shape index (κ2) is 8.95. The molecule has 1 heterocycles. The maximum absolute atomic E-state index is 6.02. The predicted molar refractivity (Wildman–Crippen MR) is 107 cm³/mol. The fourth-order valence-electron chi connectivity index (χ4n) is 3.26. The molecule has 1 aromatic heterocycles. The summed E-state index contributed by atoms with van der Waals surface area (Å²) < 4.78 is 6.02. The highest BCUT2D eigenvalue weighted by atomic mass is 16.5. The second-order valence-electron chi connectivity index (χ2n) is 7.09. The maximum Gasteiger partial charge on any atom is 0.113 e. The van der Waals surface area contributed by atoms with E-state index >= 15 is 0 Å². The molecule has 0 spiro atoms. The molecule has 0 aliphatic heterocycles. The smallest absolute Gasteiger partial charge is 0.113 e. The number of ether oxygens (including phenoxy) is 1. The van der Waals surface area contributed by atoms with E-state index in [9.17, 15) is 0 Å². The summed E-state index contributed by atoms with van der Waals surface area (Å²) in [5.41, 5.74) is 5.17. The molecule has 0 radical (unpaired) electrons. The van der Waals surface area contributed by atoms with Gasteiger partial charge in [-0.25, -0.2) is 0 Å². The summed E-state index contributed by atoms with van der Waals surface area (Å²) in [6.45, 7) is 8.07. The summed E-state index contributed by atoms with van der Waals surface area (Å²) >= 11 is 0. The van der Waals surface area contributed by atoms with Gasteiger partial charge in [0.05, 0.1) is 12.3 Å². The fraction of sp³-hybridized carbons (Fsp3) is 0.455. The molecule has 0 amide bonds. The minimum absolute atomic E-state index is 0.637. The summed E-state index contributed by atoms with van der Waals surface area (Å²) in [6.07, 6.45) is 4.98. The highest BCUT2D eigenvalue weighted by molar-refractivity contribution is 5.73. The maximum atomic E-state index is 6.02. The molecule has 0 aliphatic rings. The number of nitrogens with zero attached hydrogens (tertiary/aromatic N) is 3. The Bertz CT molecular complexity index is 807. The summed E-state index contributed by atoms with van der Waals surface area (Å²) in [7, 11) is 0. The number of unbranched alkanes of at least 4 members (excludes halogenated alkanes) is 1. The molecule has 4 heteroatoms. The average Bonchev–Trinajstić information content (AvgIpc) is 3.08. The molecule has 0 saturated carbocycles. The van der Waals surface area contributed by atoms with Crippen LogP contribution in [0.1, 0.15) is 50.7 Å². The first-order chi connectivity index (χ1) is 12.7. The Balaban J connectivity index is 1.69. The summed E-state index contributed by atoms with van der Waals surface area (Å²) in [5.74, 6) is 0.664. The van der Waals surface area contributed by atoms with Gasteiger partial charge in [-0.15, -0.1) is 10.2 Å². The number of fused-ring (bicyclic) bond motifs is 1. The molecular weight excluding hydrogens is 322 g/mol. The number of hydrogen-bond acceptors (Lipinski definition) is 3. The van der Waals surface area contributed by atoms with Crippen LogP contribution in [0.3, 0.4) is 0 Å². The lowest BCUT2D eigenvalue weighted by Crippen LogP contribution is -2.09. The molecule has 0 N–H and O–H groups in total. The third kappa shape index (κ3) is 4.70. The van der Waals surface area contributed by atoms with Crippen LogP contribution in [-0.2, 0) is 11.3 Å². The van der Waals surface area contributed by atoms with E-state index in [1.807, 2.05) is 24.3 Å². The van der Waals surface area contributed by atoms with Crippen LogP contribution in [-0.4, -0.2) is 21.6 Å². The third-order valence-electron chi connectivity index (χ3n) is 4.81. The van der Waals surface area contributed by atoms with Gasteiger partial charge in [0.1, 0.15) is 11.0 Å². The number of aromatic nitrogens is 3. The lowest BCUT2D eigenvalue weighted by molar-refractivity contribution is 0.0819. The molecule has 0 aliphatic carbocycles. The first kappa shape index (κ1) is 18.6. The third-order valence-corrected chi connectivity index (χ3v) is 4.81. The Morgan fingerprint density at radius 1 is 1.04 bits per heavy atom. The predicted octanol–water partition coefficient (Wildman–Crippen LogP) is 5.46. The molecule has 1 atom stereocenters. The molecular formula is C22H29N3O. The molecule has 0 saturated heterocycles. The minimum atomic E-state index is 0.637. The molecule has 138 valence electrons. The first-order valence-corrected chi connectivity index (χ1v) is 9.70. The molecule has 3 rings (SSSR count). The van der Waals surface area contributed by atoms with Gasteiger partial charge in [0.2, 0.25) is 0 Å². The van der Waals surface area contributed by atoms with Gasteiger partial charge >= 0.3 is 0 Å². The van der Waals surface area contributed by atoms with E-state index in [4.69, 9.17) is 4.74 Å². The quantitative estimate of drug-likeness (QED) is 0.514. The number of hydrogen-bond donors (Lipinski definition) is 0. The van der Waals surface area contributed by atoms with E-state index in [0.717, 1.165) is 23.3 Å². The van der Waals surface area contributed by atoms with E-state index in [-0.39, 0.29) is 0 Å². The van der Waals surface area contributed by atoms with Crippen molar-refractivity contribution in [2.45, 2.75) is 53.1 Å². The Morgan fingerprint density at radius 3 is 2.42 bits per heavy atom. The van der Waals surface area contributed by atoms with Crippen LogP contribution in [0.4, 0.5) is 0 Å². The lowest BCUT2D eigenvalue weighted by atomic mass is 10.0. The normalized spacial score (nSPS) is 12.6. The minimum Gasteiger partial charge on any atom is -0.376 e. The van der Waals surface area contributed by atoms with Crippen LogP contribution in [0.25, 0.3) is 16.7 Å². The molecule has 4 nitrogen and oxygen atoms in total. The summed E-state index contributed by atoms with van der Waals surface area (Å²) in [6, 6.07) is 14.4. The summed E-state index contributed by atoms with van der Waals surface area (Å²) in [5, 5.41) is 9.17. The Labute approximate surface area is 156 Å². The molecule has 0 bridgehead atoms. The van der Waals surface area contributed by atoms with E-state index in [1.165, 1.54) is 36.8 Å². The SMILES string of the molecule is CCCCC(CC)COCc1cc(C)cc(-n2nc3ccccc3n2)c1. The first-order valence-electron chi connectivity index (χ1n) is 9.70. The van der Waals surface area contributed by atoms with Crippen molar-refractivity contribution in [1.82, 2.24) is 15.0 Å². The van der Waals surface area contributed by atoms with Crippen LogP contribution in [0.5, 0.6) is 0 Å². The van der Waals surface area contributed by atoms with Gasteiger partial charge in [0.15, 0.2) is 0 Å². The fourth-order valence-corrected chi connectivity index (χ4v) is 3.26. The van der Waals surface area contributed by atoms with Crippen molar-refractivity contribution in [1.29, 1.82) is 0 Å². The highest BCUT2D eigenvalue weighted by Gasteiger charge is 2.08. The van der Waals surface area contributed by atoms with Crippen molar-refractivity contribution in [3.63, 3.8) is 0 Å². The van der Waals surface area contributed by atoms with Crippen molar-refractivity contribution in [3.05, 3.63) is 53.6 Å². The standard InChI is InChI=1S/C22H29N3O/c1-4-6-9-18(5-2)15-26-16-19-12-17(3)13-20(14-19)25-23-21-10-7-8-11-22(21)24-25/h7-8,10-14,18H,4-6,9,15-16H2,1-3H3. The van der Waals surface area contributed by atoms with Crippen molar-refractivity contribution >= 4 is 11.0 Å². The van der Waals surface area contributed by atoms with Crippen molar-refractivity contribution in [2.75, 3.05) is 6.61 Å². The average molecular weight is 351 g/mol. The van der Waals surface area contributed by atoms with E-state index in [0.29, 0.717) is 12.5 Å². The monoisotopic (exact) mass is 351 g/mol. The molecule has 2 aromatic carbocycles. The second-order valence-corrected chi connectivity index (χ2v) is 7.09. The number of rotatable bonds is 9. The number of benzene rings is 2. The summed E-state index contributed by atoms with van der Waals surface area (Å²) in [4.78, 5) is 1.72. The largest absolute Gasteiger partial charge is 0.376 e. The van der Waals surface area contributed by atoms with E-state index < -0.39 is 0 Å². The van der Waals surface area contributed by atoms with E-state index in [2.05, 4.69) is 49.2 Å². The van der Waals surface area contributed by atoms with Gasteiger partial charge in [-0.05, 0) is 54.7 Å². The Morgan fingerprint density at radius 2 is 1.77 bits per heavy atom. The van der Waals surface area contributed by atoms with Gasteiger partial charge < -0.3 is 4.74 Å². The van der Waals surface area contributed by atoms with Gasteiger partial charge in [-0.2, -0.15) is 4.80 Å². The lowest BCUT2D eigenvalue weighted by Gasteiger charge is -2.15. The molecule has 0 fully saturated rings.